The number of hydrogen-bond donors (Lipinski definition) is 2. The Kier molecular flexibility index (Phi) is 4.22. The molecular weight excluding hydrogens is 300 g/mol. The van der Waals surface area contributed by atoms with Gasteiger partial charge < -0.3 is 10.6 Å². The Morgan fingerprint density at radius 2 is 1.79 bits per heavy atom. The van der Waals surface area contributed by atoms with Crippen LogP contribution in [0.4, 0.5) is 5.69 Å². The lowest BCUT2D eigenvalue weighted by molar-refractivity contribution is -0.124. The number of para-hydroxylation sites is 1. The summed E-state index contributed by atoms with van der Waals surface area (Å²) in [5, 5.41) is 0. The van der Waals surface area contributed by atoms with Gasteiger partial charge in [-0.2, -0.15) is 0 Å². The van der Waals surface area contributed by atoms with E-state index in [0.717, 1.165) is 16.8 Å². The van der Waals surface area contributed by atoms with Crippen molar-refractivity contribution in [3.8, 4) is 0 Å². The van der Waals surface area contributed by atoms with E-state index in [1.54, 1.807) is 6.92 Å². The first-order chi connectivity index (χ1) is 11.4. The molecule has 5 nitrogen and oxygen atoms in total. The van der Waals surface area contributed by atoms with Crippen LogP contribution in [-0.2, 0) is 4.79 Å². The molecular formula is C19H22N4O. The summed E-state index contributed by atoms with van der Waals surface area (Å²) in [6.07, 6.45) is 0. The van der Waals surface area contributed by atoms with E-state index in [9.17, 15) is 4.79 Å². The molecule has 1 heterocycles. The van der Waals surface area contributed by atoms with Gasteiger partial charge in [-0.25, -0.2) is 0 Å². The maximum atomic E-state index is 12.7. The van der Waals surface area contributed by atoms with E-state index in [-0.39, 0.29) is 12.3 Å². The van der Waals surface area contributed by atoms with Crippen molar-refractivity contribution in [1.29, 1.82) is 0 Å². The van der Waals surface area contributed by atoms with Gasteiger partial charge in [0.25, 0.3) is 0 Å². The van der Waals surface area contributed by atoms with Crippen molar-refractivity contribution < 1.29 is 4.79 Å². The second-order valence-corrected chi connectivity index (χ2v) is 6.28. The number of nitrogens with two attached hydrogens (primary N) is 2. The SMILES string of the molecule is C[C@H](N)C(=O)C1(N)CN(C)c2ccccc2C(c2ccccc2)=N1. The highest BCUT2D eigenvalue weighted by atomic mass is 16.1. The van der Waals surface area contributed by atoms with Crippen LogP contribution < -0.4 is 16.4 Å². The first-order valence-corrected chi connectivity index (χ1v) is 7.97. The van der Waals surface area contributed by atoms with Crippen molar-refractivity contribution >= 4 is 17.2 Å². The Hall–Kier alpha value is -2.50. The number of anilines is 1. The molecule has 124 valence electrons. The van der Waals surface area contributed by atoms with Crippen LogP contribution in [0.15, 0.2) is 59.6 Å². The number of carbonyl (C=O) groups excluding carboxylic acids is 1. The molecule has 1 aliphatic heterocycles. The zero-order chi connectivity index (χ0) is 17.3. The Labute approximate surface area is 142 Å². The second kappa shape index (κ2) is 6.19. The number of benzene rings is 2. The van der Waals surface area contributed by atoms with Crippen molar-refractivity contribution in [3.63, 3.8) is 0 Å². The molecule has 1 aliphatic rings. The predicted octanol–water partition coefficient (Wildman–Crippen LogP) is 1.55. The molecule has 0 amide bonds. The van der Waals surface area contributed by atoms with Gasteiger partial charge in [-0.15, -0.1) is 0 Å². The number of hydrogen-bond acceptors (Lipinski definition) is 5. The number of ketones is 1. The zero-order valence-corrected chi connectivity index (χ0v) is 13.9. The lowest BCUT2D eigenvalue weighted by Crippen LogP contribution is -2.58. The standard InChI is InChI=1S/C19H22N4O/c1-13(20)18(24)19(21)12-23(2)16-11-7-6-10-15(16)17(22-19)14-8-4-3-5-9-14/h3-11,13H,12,20-21H2,1-2H3/t13-,19?/m0/s1. The van der Waals surface area contributed by atoms with E-state index >= 15 is 0 Å². The number of aliphatic imine (C=N–C) groups is 1. The summed E-state index contributed by atoms with van der Waals surface area (Å²) in [6.45, 7) is 1.92. The van der Waals surface area contributed by atoms with Crippen LogP contribution in [0.3, 0.4) is 0 Å². The lowest BCUT2D eigenvalue weighted by atomic mass is 9.99. The van der Waals surface area contributed by atoms with Gasteiger partial charge >= 0.3 is 0 Å². The molecule has 0 spiro atoms. The molecule has 0 fully saturated rings. The summed E-state index contributed by atoms with van der Waals surface area (Å²) in [6, 6.07) is 17.0. The molecule has 5 heteroatoms. The number of benzodiazepines with no additional fused rings is 1. The van der Waals surface area contributed by atoms with Gasteiger partial charge in [-0.3, -0.25) is 15.5 Å². The molecule has 0 saturated heterocycles. The maximum Gasteiger partial charge on any atom is 0.192 e. The highest BCUT2D eigenvalue weighted by Gasteiger charge is 2.39. The van der Waals surface area contributed by atoms with E-state index in [4.69, 9.17) is 16.5 Å². The molecule has 0 aliphatic carbocycles. The molecule has 2 aromatic rings. The van der Waals surface area contributed by atoms with Crippen LogP contribution in [0.25, 0.3) is 0 Å². The summed E-state index contributed by atoms with van der Waals surface area (Å²) in [7, 11) is 1.92. The Morgan fingerprint density at radius 1 is 1.17 bits per heavy atom. The summed E-state index contributed by atoms with van der Waals surface area (Å²) >= 11 is 0. The van der Waals surface area contributed by atoms with Crippen LogP contribution in [-0.4, -0.2) is 36.8 Å². The van der Waals surface area contributed by atoms with Crippen molar-refractivity contribution in [2.45, 2.75) is 18.6 Å². The van der Waals surface area contributed by atoms with Gasteiger partial charge in [-0.05, 0) is 13.0 Å². The van der Waals surface area contributed by atoms with Crippen molar-refractivity contribution in [2.24, 2.45) is 16.5 Å². The van der Waals surface area contributed by atoms with Gasteiger partial charge in [-0.1, -0.05) is 48.5 Å². The minimum atomic E-state index is -1.38. The van der Waals surface area contributed by atoms with Crippen LogP contribution >= 0.6 is 0 Å². The second-order valence-electron chi connectivity index (χ2n) is 6.28. The van der Waals surface area contributed by atoms with Gasteiger partial charge in [0.1, 0.15) is 0 Å². The van der Waals surface area contributed by atoms with Crippen LogP contribution in [0, 0.1) is 0 Å². The molecule has 0 bridgehead atoms. The summed E-state index contributed by atoms with van der Waals surface area (Å²) in [4.78, 5) is 19.3. The van der Waals surface area contributed by atoms with Crippen molar-refractivity contribution in [1.82, 2.24) is 0 Å². The predicted molar refractivity (Wildman–Crippen MR) is 97.4 cm³/mol. The van der Waals surface area contributed by atoms with Crippen LogP contribution in [0.1, 0.15) is 18.1 Å². The lowest BCUT2D eigenvalue weighted by Gasteiger charge is -2.29. The van der Waals surface area contributed by atoms with Gasteiger partial charge in [0.2, 0.25) is 0 Å². The fourth-order valence-electron chi connectivity index (χ4n) is 3.09. The molecule has 3 rings (SSSR count). The molecule has 0 aromatic heterocycles. The normalized spacial score (nSPS) is 21.5. The highest BCUT2D eigenvalue weighted by molar-refractivity contribution is 6.17. The maximum absolute atomic E-state index is 12.7. The molecule has 4 N–H and O–H groups in total. The first kappa shape index (κ1) is 16.4. The van der Waals surface area contributed by atoms with E-state index in [0.29, 0.717) is 5.71 Å². The van der Waals surface area contributed by atoms with Crippen molar-refractivity contribution in [3.05, 3.63) is 65.7 Å². The average Bonchev–Trinajstić information content (AvgIpc) is 2.70. The molecule has 1 unspecified atom stereocenters. The quantitative estimate of drug-likeness (QED) is 0.898. The third kappa shape index (κ3) is 2.84. The van der Waals surface area contributed by atoms with Gasteiger partial charge in [0.15, 0.2) is 11.4 Å². The molecule has 2 aromatic carbocycles. The van der Waals surface area contributed by atoms with Crippen LogP contribution in [0.5, 0.6) is 0 Å². The number of rotatable bonds is 3. The average molecular weight is 322 g/mol. The summed E-state index contributed by atoms with van der Waals surface area (Å²) < 4.78 is 0. The van der Waals surface area contributed by atoms with Crippen molar-refractivity contribution in [2.75, 3.05) is 18.5 Å². The smallest absolute Gasteiger partial charge is 0.192 e. The number of nitrogens with zero attached hydrogens (tertiary/aromatic N) is 2. The molecule has 0 saturated carbocycles. The summed E-state index contributed by atoms with van der Waals surface area (Å²) in [5.74, 6) is -0.268. The van der Waals surface area contributed by atoms with Crippen LogP contribution in [0.2, 0.25) is 0 Å². The molecule has 2 atom stereocenters. The Bertz CT molecular complexity index is 785. The third-order valence-electron chi connectivity index (χ3n) is 4.25. The first-order valence-electron chi connectivity index (χ1n) is 7.97. The minimum absolute atomic E-state index is 0.268. The number of carbonyl (C=O) groups is 1. The zero-order valence-electron chi connectivity index (χ0n) is 13.9. The number of fused-ring (bicyclic) bond motifs is 1. The third-order valence-corrected chi connectivity index (χ3v) is 4.25. The molecule has 0 radical (unpaired) electrons. The molecule has 24 heavy (non-hydrogen) atoms. The van der Waals surface area contributed by atoms with E-state index in [2.05, 4.69) is 0 Å². The largest absolute Gasteiger partial charge is 0.370 e. The minimum Gasteiger partial charge on any atom is -0.370 e. The highest BCUT2D eigenvalue weighted by Crippen LogP contribution is 2.29. The monoisotopic (exact) mass is 322 g/mol. The summed E-state index contributed by atoms with van der Waals surface area (Å²) in [5.41, 5.74) is 14.5. The number of Topliss-reactive ketones (excluding diaryl/α,β-unsaturated/α-hetero) is 1. The van der Waals surface area contributed by atoms with E-state index < -0.39 is 11.7 Å². The van der Waals surface area contributed by atoms with Gasteiger partial charge in [0, 0.05) is 23.9 Å². The fourth-order valence-corrected chi connectivity index (χ4v) is 3.09. The number of likely N-dealkylation sites (N-methyl/N-ethyl adjacent to an activating group) is 1. The topological polar surface area (TPSA) is 84.7 Å². The van der Waals surface area contributed by atoms with E-state index in [1.165, 1.54) is 0 Å². The van der Waals surface area contributed by atoms with Gasteiger partial charge in [0.05, 0.1) is 18.3 Å². The van der Waals surface area contributed by atoms with E-state index in [1.807, 2.05) is 66.5 Å². The Balaban J connectivity index is 2.24. The fraction of sp³-hybridized carbons (Fsp3) is 0.263. The Morgan fingerprint density at radius 3 is 2.46 bits per heavy atom.